The minimum absolute atomic E-state index is 0.270. The van der Waals surface area contributed by atoms with Crippen molar-refractivity contribution < 1.29 is 14.7 Å². The van der Waals surface area contributed by atoms with E-state index in [1.54, 1.807) is 30.4 Å². The summed E-state index contributed by atoms with van der Waals surface area (Å²) in [5.74, 6) is -1.72. The summed E-state index contributed by atoms with van der Waals surface area (Å²) in [4.78, 5) is 22.8. The SMILES string of the molecule is O=C(NC1C=CC(C(=O)O)C1)c1ccc(Br)cc1Cl. The number of carbonyl (C=O) groups excluding carboxylic acids is 1. The summed E-state index contributed by atoms with van der Waals surface area (Å²) < 4.78 is 0.792. The van der Waals surface area contributed by atoms with Gasteiger partial charge in [0.25, 0.3) is 5.91 Å². The predicted molar refractivity (Wildman–Crippen MR) is 75.3 cm³/mol. The van der Waals surface area contributed by atoms with Crippen LogP contribution in [0.25, 0.3) is 0 Å². The van der Waals surface area contributed by atoms with Crippen LogP contribution in [0.3, 0.4) is 0 Å². The van der Waals surface area contributed by atoms with E-state index in [1.807, 2.05) is 0 Å². The lowest BCUT2D eigenvalue weighted by atomic mass is 10.1. The van der Waals surface area contributed by atoms with Crippen LogP contribution >= 0.6 is 27.5 Å². The molecule has 0 fully saturated rings. The maximum atomic E-state index is 12.0. The number of nitrogens with one attached hydrogen (secondary N) is 1. The van der Waals surface area contributed by atoms with Gasteiger partial charge in [-0.05, 0) is 24.6 Å². The first-order valence-electron chi connectivity index (χ1n) is 5.64. The third-order valence-corrected chi connectivity index (χ3v) is 3.70. The molecule has 4 nitrogen and oxygen atoms in total. The van der Waals surface area contributed by atoms with Crippen molar-refractivity contribution in [3.05, 3.63) is 45.4 Å². The average Bonchev–Trinajstić information content (AvgIpc) is 2.77. The van der Waals surface area contributed by atoms with Crippen molar-refractivity contribution in [2.45, 2.75) is 12.5 Å². The molecule has 19 heavy (non-hydrogen) atoms. The Kier molecular flexibility index (Phi) is 4.27. The van der Waals surface area contributed by atoms with E-state index < -0.39 is 11.9 Å². The van der Waals surface area contributed by atoms with Crippen LogP contribution in [0.15, 0.2) is 34.8 Å². The normalized spacial score (nSPS) is 21.4. The first kappa shape index (κ1) is 14.1. The van der Waals surface area contributed by atoms with Crippen molar-refractivity contribution in [3.8, 4) is 0 Å². The zero-order valence-corrected chi connectivity index (χ0v) is 12.1. The van der Waals surface area contributed by atoms with E-state index in [2.05, 4.69) is 21.2 Å². The highest BCUT2D eigenvalue weighted by Crippen LogP contribution is 2.23. The molecule has 0 saturated heterocycles. The third-order valence-electron chi connectivity index (χ3n) is 2.89. The van der Waals surface area contributed by atoms with E-state index in [0.717, 1.165) is 4.47 Å². The monoisotopic (exact) mass is 343 g/mol. The molecule has 6 heteroatoms. The second-order valence-corrected chi connectivity index (χ2v) is 5.59. The molecule has 2 rings (SSSR count). The van der Waals surface area contributed by atoms with Gasteiger partial charge in [0.2, 0.25) is 0 Å². The van der Waals surface area contributed by atoms with Crippen LogP contribution in [0.5, 0.6) is 0 Å². The Labute approximate surface area is 123 Å². The van der Waals surface area contributed by atoms with E-state index in [4.69, 9.17) is 16.7 Å². The molecule has 1 amide bonds. The second kappa shape index (κ2) is 5.75. The molecule has 1 aromatic carbocycles. The number of benzene rings is 1. The fourth-order valence-electron chi connectivity index (χ4n) is 1.91. The van der Waals surface area contributed by atoms with Crippen molar-refractivity contribution in [3.63, 3.8) is 0 Å². The predicted octanol–water partition coefficient (Wildman–Crippen LogP) is 2.86. The molecule has 0 aliphatic heterocycles. The maximum Gasteiger partial charge on any atom is 0.310 e. The van der Waals surface area contributed by atoms with E-state index in [9.17, 15) is 9.59 Å². The van der Waals surface area contributed by atoms with E-state index >= 15 is 0 Å². The van der Waals surface area contributed by atoms with Crippen molar-refractivity contribution >= 4 is 39.4 Å². The summed E-state index contributed by atoms with van der Waals surface area (Å²) in [6.07, 6.45) is 3.66. The summed E-state index contributed by atoms with van der Waals surface area (Å²) in [7, 11) is 0. The van der Waals surface area contributed by atoms with Gasteiger partial charge in [-0.25, -0.2) is 0 Å². The van der Waals surface area contributed by atoms with Gasteiger partial charge in [0.05, 0.1) is 16.5 Å². The molecule has 2 unspecified atom stereocenters. The van der Waals surface area contributed by atoms with Crippen LogP contribution in [0.4, 0.5) is 0 Å². The largest absolute Gasteiger partial charge is 0.481 e. The number of rotatable bonds is 3. The molecule has 0 saturated carbocycles. The number of carboxylic acids is 1. The van der Waals surface area contributed by atoms with Crippen molar-refractivity contribution in [2.75, 3.05) is 0 Å². The number of halogens is 2. The van der Waals surface area contributed by atoms with Gasteiger partial charge in [0.15, 0.2) is 0 Å². The zero-order chi connectivity index (χ0) is 14.0. The van der Waals surface area contributed by atoms with E-state index in [-0.39, 0.29) is 11.9 Å². The quantitative estimate of drug-likeness (QED) is 0.829. The number of hydrogen-bond donors (Lipinski definition) is 2. The highest BCUT2D eigenvalue weighted by molar-refractivity contribution is 9.10. The first-order chi connectivity index (χ1) is 8.97. The van der Waals surface area contributed by atoms with Gasteiger partial charge in [-0.2, -0.15) is 0 Å². The van der Waals surface area contributed by atoms with E-state index in [1.165, 1.54) is 0 Å². The summed E-state index contributed by atoms with van der Waals surface area (Å²) in [6, 6.07) is 4.72. The first-order valence-corrected chi connectivity index (χ1v) is 6.81. The molecule has 1 aliphatic carbocycles. The van der Waals surface area contributed by atoms with Crippen LogP contribution in [-0.4, -0.2) is 23.0 Å². The smallest absolute Gasteiger partial charge is 0.310 e. The number of aliphatic carboxylic acids is 1. The summed E-state index contributed by atoms with van der Waals surface area (Å²) in [5, 5.41) is 12.0. The van der Waals surface area contributed by atoms with Gasteiger partial charge in [-0.15, -0.1) is 0 Å². The maximum absolute atomic E-state index is 12.0. The van der Waals surface area contributed by atoms with Gasteiger partial charge in [0.1, 0.15) is 0 Å². The molecule has 0 heterocycles. The molecule has 2 N–H and O–H groups in total. The molecule has 0 spiro atoms. The summed E-state index contributed by atoms with van der Waals surface area (Å²) in [6.45, 7) is 0. The number of amides is 1. The Balaban J connectivity index is 2.03. The van der Waals surface area contributed by atoms with Crippen LogP contribution < -0.4 is 5.32 Å². The number of carbonyl (C=O) groups is 2. The fourth-order valence-corrected chi connectivity index (χ4v) is 2.67. The fraction of sp³-hybridized carbons (Fsp3) is 0.231. The van der Waals surface area contributed by atoms with Gasteiger partial charge >= 0.3 is 5.97 Å². The Morgan fingerprint density at radius 2 is 2.11 bits per heavy atom. The highest BCUT2D eigenvalue weighted by Gasteiger charge is 2.26. The number of hydrogen-bond acceptors (Lipinski definition) is 2. The standard InChI is InChI=1S/C13H11BrClNO3/c14-8-2-4-10(11(15)6-8)12(17)16-9-3-1-7(5-9)13(18)19/h1-4,6-7,9H,5H2,(H,16,17)(H,18,19). The molecule has 0 radical (unpaired) electrons. The lowest BCUT2D eigenvalue weighted by Gasteiger charge is -2.13. The molecule has 0 aromatic heterocycles. The van der Waals surface area contributed by atoms with Crippen LogP contribution in [-0.2, 0) is 4.79 Å². The zero-order valence-electron chi connectivity index (χ0n) is 9.77. The second-order valence-electron chi connectivity index (χ2n) is 4.27. The van der Waals surface area contributed by atoms with Crippen molar-refractivity contribution in [1.29, 1.82) is 0 Å². The Morgan fingerprint density at radius 1 is 1.37 bits per heavy atom. The Bertz CT molecular complexity index is 559. The lowest BCUT2D eigenvalue weighted by molar-refractivity contribution is -0.140. The molecule has 1 aromatic rings. The van der Waals surface area contributed by atoms with Crippen LogP contribution in [0, 0.1) is 5.92 Å². The molecule has 100 valence electrons. The van der Waals surface area contributed by atoms with Crippen molar-refractivity contribution in [2.24, 2.45) is 5.92 Å². The average molecular weight is 345 g/mol. The molecule has 1 aliphatic rings. The molecular weight excluding hydrogens is 334 g/mol. The lowest BCUT2D eigenvalue weighted by Crippen LogP contribution is -2.33. The van der Waals surface area contributed by atoms with Crippen molar-refractivity contribution in [1.82, 2.24) is 5.32 Å². The summed E-state index contributed by atoms with van der Waals surface area (Å²) in [5.41, 5.74) is 0.372. The summed E-state index contributed by atoms with van der Waals surface area (Å²) >= 11 is 9.25. The van der Waals surface area contributed by atoms with Gasteiger partial charge in [-0.3, -0.25) is 9.59 Å². The number of carboxylic acid groups (broad SMARTS) is 1. The Morgan fingerprint density at radius 3 is 2.68 bits per heavy atom. The topological polar surface area (TPSA) is 66.4 Å². The van der Waals surface area contributed by atoms with Gasteiger partial charge in [0, 0.05) is 10.5 Å². The third kappa shape index (κ3) is 3.36. The Hall–Kier alpha value is -1.33. The minimum atomic E-state index is -0.880. The van der Waals surface area contributed by atoms with Crippen LogP contribution in [0.2, 0.25) is 5.02 Å². The highest BCUT2D eigenvalue weighted by atomic mass is 79.9. The molecule has 0 bridgehead atoms. The van der Waals surface area contributed by atoms with Gasteiger partial charge in [-0.1, -0.05) is 39.7 Å². The van der Waals surface area contributed by atoms with Gasteiger partial charge < -0.3 is 10.4 Å². The molecule has 2 atom stereocenters. The minimum Gasteiger partial charge on any atom is -0.481 e. The van der Waals surface area contributed by atoms with Crippen LogP contribution in [0.1, 0.15) is 16.8 Å². The molecular formula is C13H11BrClNO3. The van der Waals surface area contributed by atoms with E-state index in [0.29, 0.717) is 17.0 Å².